The van der Waals surface area contributed by atoms with Crippen LogP contribution in [0.1, 0.15) is 161 Å². The number of aliphatic hydroxyl groups excluding tert-OH is 3. The van der Waals surface area contributed by atoms with Crippen LogP contribution >= 0.6 is 0 Å². The molecule has 6 heterocycles. The smallest absolute Gasteiger partial charge is 0.329 e. The summed E-state index contributed by atoms with van der Waals surface area (Å²) in [5, 5.41) is 45.4. The van der Waals surface area contributed by atoms with E-state index in [0.29, 0.717) is 152 Å². The summed E-state index contributed by atoms with van der Waals surface area (Å²) < 4.78 is 64.9. The summed E-state index contributed by atoms with van der Waals surface area (Å²) in [7, 11) is -7.32. The lowest BCUT2D eigenvalue weighted by atomic mass is 9.92. The van der Waals surface area contributed by atoms with Crippen LogP contribution in [0.4, 0.5) is 0 Å². The Kier molecular flexibility index (Phi) is 29.7. The molecule has 0 spiro atoms. The molecule has 6 aliphatic rings. The van der Waals surface area contributed by atoms with Crippen LogP contribution in [0.15, 0.2) is 141 Å². The van der Waals surface area contributed by atoms with Crippen molar-refractivity contribution in [2.45, 2.75) is 172 Å². The van der Waals surface area contributed by atoms with Gasteiger partial charge in [-0.1, -0.05) is 175 Å². The highest BCUT2D eigenvalue weighted by Crippen LogP contribution is 2.38. The van der Waals surface area contributed by atoms with Gasteiger partial charge in [0.25, 0.3) is 17.7 Å². The number of hydrogen-bond donors (Lipinski definition) is 9. The number of aliphatic hydroxyl groups is 3. The Morgan fingerprint density at radius 3 is 1.04 bits per heavy atom. The molecule has 0 radical (unpaired) electrons. The average molecular weight is 1590 g/mol. The lowest BCUT2D eigenvalue weighted by Crippen LogP contribution is -2.47. The highest BCUT2D eigenvalue weighted by atomic mass is 32.2. The normalized spacial score (nSPS) is 20.5. The Morgan fingerprint density at radius 2 is 0.723 bits per heavy atom. The van der Waals surface area contributed by atoms with Gasteiger partial charge in [0.1, 0.15) is 17.1 Å². The third kappa shape index (κ3) is 20.5. The molecule has 6 atom stereocenters. The molecule has 4 aromatic carbocycles. The van der Waals surface area contributed by atoms with Gasteiger partial charge in [0.2, 0.25) is 26.0 Å². The van der Waals surface area contributed by atoms with Gasteiger partial charge >= 0.3 is 17.1 Å². The second kappa shape index (κ2) is 39.4. The molecule has 31 heteroatoms. The second-order valence-electron chi connectivity index (χ2n) is 30.7. The number of piperazine rings is 3. The van der Waals surface area contributed by atoms with Gasteiger partial charge in [0.05, 0.1) is 64.2 Å². The van der Waals surface area contributed by atoms with Crippen molar-refractivity contribution in [3.8, 4) is 33.8 Å². The molecular weight excluding hydrogens is 1470 g/mol. The molecule has 3 unspecified atom stereocenters. The lowest BCUT2D eigenvalue weighted by Gasteiger charge is -2.30. The number of aromatic nitrogens is 6. The van der Waals surface area contributed by atoms with Gasteiger partial charge in [-0.2, -0.15) is 0 Å². The van der Waals surface area contributed by atoms with Crippen LogP contribution in [0.2, 0.25) is 0 Å². The molecule has 608 valence electrons. The molecule has 6 fully saturated rings. The van der Waals surface area contributed by atoms with Crippen molar-refractivity contribution in [2.24, 2.45) is 11.8 Å². The van der Waals surface area contributed by atoms with Gasteiger partial charge in [-0.3, -0.25) is 46.6 Å². The van der Waals surface area contributed by atoms with E-state index >= 15 is 0 Å². The average Bonchev–Trinajstić information content (AvgIpc) is 1.59. The first-order valence-electron chi connectivity index (χ1n) is 40.0. The van der Waals surface area contributed by atoms with E-state index in [1.165, 1.54) is 25.8 Å². The van der Waals surface area contributed by atoms with Crippen molar-refractivity contribution < 1.29 is 51.3 Å². The van der Waals surface area contributed by atoms with Crippen molar-refractivity contribution in [2.75, 3.05) is 104 Å². The first kappa shape index (κ1) is 84.3. The van der Waals surface area contributed by atoms with E-state index in [1.807, 2.05) is 119 Å². The number of amides is 4. The summed E-state index contributed by atoms with van der Waals surface area (Å²) in [6.07, 6.45) is 7.41. The Balaban J connectivity index is 0.000000166. The van der Waals surface area contributed by atoms with Gasteiger partial charge in [0.15, 0.2) is 0 Å². The van der Waals surface area contributed by atoms with Crippen molar-refractivity contribution in [1.82, 2.24) is 72.8 Å². The molecule has 3 aliphatic heterocycles. The molecular formula is C81H113N15O14S2. The number of carbonyl (C=O) groups excluding carboxylic acids is 4. The maximum absolute atomic E-state index is 14.1. The first-order valence-corrected chi connectivity index (χ1v) is 43.1. The van der Waals surface area contributed by atoms with Crippen LogP contribution in [-0.2, 0) is 44.5 Å². The summed E-state index contributed by atoms with van der Waals surface area (Å²) in [6, 6.07) is 34.8. The molecule has 3 aliphatic carbocycles. The van der Waals surface area contributed by atoms with Gasteiger partial charge in [-0.25, -0.2) is 40.7 Å². The summed E-state index contributed by atoms with van der Waals surface area (Å²) in [5.41, 5.74) is 3.40. The Bertz CT molecular complexity index is 4720. The summed E-state index contributed by atoms with van der Waals surface area (Å²) in [6.45, 7) is 15.1. The number of rotatable bonds is 25. The monoisotopic (exact) mass is 1580 g/mol. The standard InChI is InChI=1S/C28H35N5O5S.C27H39N5O4.C26H39N5O5S/c34-24-14-8-7-13-23(24)33-25(21-9-3-1-4-10-21)26(27(35)31-18-15-29-16-19-31)32(28(33)36)20-17-30-39(37,38)22-11-5-2-6-12-22;1-19(2)18-23(34)29-14-17-31-25(26(35)30-15-12-28-13-16-30)24(20-8-4-3-5-9-20)32(27(31)36)21-10-6-7-11-22(21)33;1-19(2)18-37(35,36)28-14-17-30-24(25(33)29-15-12-27-13-16-29)23(20-8-4-3-5-9-20)31(26(30)34)21-10-6-7-11-22(21)32/h1-6,9-12,23-24,29-30,34H,7-8,13-20H2;3-5,8-9,19,21-22,28,33H,6-7,10-18H2,1-2H3,(H,29,34);3-5,8-9,19,21-22,27-28,32H,6-7,10-18H2,1-2H3/t23?,24-;2*21?,22-/m111/s1. The molecule has 3 saturated heterocycles. The van der Waals surface area contributed by atoms with Crippen LogP contribution in [-0.4, -0.2) is 220 Å². The zero-order valence-electron chi connectivity index (χ0n) is 65.0. The predicted octanol–water partition coefficient (Wildman–Crippen LogP) is 5.23. The zero-order chi connectivity index (χ0) is 79.6. The van der Waals surface area contributed by atoms with Gasteiger partial charge in [0, 0.05) is 141 Å². The van der Waals surface area contributed by atoms with E-state index < -0.39 is 67.9 Å². The number of hydrogen-bond acceptors (Lipinski definition) is 17. The fourth-order valence-electron chi connectivity index (χ4n) is 16.3. The molecule has 0 bridgehead atoms. The molecule has 29 nitrogen and oxygen atoms in total. The predicted molar refractivity (Wildman–Crippen MR) is 430 cm³/mol. The Hall–Kier alpha value is -8.63. The topological polar surface area (TPSA) is 360 Å². The van der Waals surface area contributed by atoms with Gasteiger partial charge in [-0.15, -0.1) is 0 Å². The van der Waals surface area contributed by atoms with E-state index in [-0.39, 0.29) is 102 Å². The fourth-order valence-corrected chi connectivity index (χ4v) is 18.7. The number of nitrogens with one attached hydrogen (secondary N) is 6. The molecule has 112 heavy (non-hydrogen) atoms. The zero-order valence-corrected chi connectivity index (χ0v) is 66.6. The SMILES string of the molecule is CC(C)CC(=O)NCCn1c(C(=O)N2CCNCC2)c(-c2ccccc2)n(C2CCCC[C@H]2O)c1=O.CC(C)CS(=O)(=O)NCCn1c(C(=O)N2CCNCC2)c(-c2ccccc2)n(C2CCCC[C@H]2O)c1=O.O=C(c1c(-c2ccccc2)n(C2CCCC[C@H]2O)c(=O)n1CCNS(=O)(=O)c1ccccc1)N1CCNCC1. The maximum atomic E-state index is 14.1. The molecule has 13 rings (SSSR count). The Labute approximate surface area is 655 Å². The van der Waals surface area contributed by atoms with E-state index in [0.717, 1.165) is 49.7 Å². The van der Waals surface area contributed by atoms with Crippen LogP contribution in [0.5, 0.6) is 0 Å². The Morgan fingerprint density at radius 1 is 0.420 bits per heavy atom. The molecule has 3 aromatic heterocycles. The van der Waals surface area contributed by atoms with Crippen LogP contribution in [0, 0.1) is 11.8 Å². The fraction of sp³-hybridized carbons (Fsp3) is 0.543. The number of nitrogens with zero attached hydrogens (tertiary/aromatic N) is 9. The van der Waals surface area contributed by atoms with E-state index in [1.54, 1.807) is 46.6 Å². The number of carbonyl (C=O) groups is 4. The summed E-state index contributed by atoms with van der Waals surface area (Å²) >= 11 is 0. The van der Waals surface area contributed by atoms with Crippen molar-refractivity contribution >= 4 is 43.7 Å². The van der Waals surface area contributed by atoms with Crippen LogP contribution in [0.25, 0.3) is 33.8 Å². The van der Waals surface area contributed by atoms with Crippen molar-refractivity contribution in [3.63, 3.8) is 0 Å². The van der Waals surface area contributed by atoms with E-state index in [9.17, 15) is 65.7 Å². The van der Waals surface area contributed by atoms with Crippen LogP contribution < -0.4 is 47.8 Å². The first-order chi connectivity index (χ1) is 54.0. The van der Waals surface area contributed by atoms with Crippen molar-refractivity contribution in [1.29, 1.82) is 0 Å². The van der Waals surface area contributed by atoms with Crippen LogP contribution in [0.3, 0.4) is 0 Å². The largest absolute Gasteiger partial charge is 0.391 e. The number of benzene rings is 4. The highest BCUT2D eigenvalue weighted by Gasteiger charge is 2.40. The highest BCUT2D eigenvalue weighted by molar-refractivity contribution is 7.89. The third-order valence-corrected chi connectivity index (χ3v) is 24.9. The lowest BCUT2D eigenvalue weighted by molar-refractivity contribution is -0.121. The maximum Gasteiger partial charge on any atom is 0.329 e. The summed E-state index contributed by atoms with van der Waals surface area (Å²) in [5.74, 6) is -0.615. The van der Waals surface area contributed by atoms with E-state index in [4.69, 9.17) is 0 Å². The molecule has 7 aromatic rings. The number of imidazole rings is 3. The molecule has 4 amide bonds. The third-order valence-electron chi connectivity index (χ3n) is 21.7. The minimum absolute atomic E-state index is 0.0116. The molecule has 3 saturated carbocycles. The quantitative estimate of drug-likeness (QED) is 0.0354. The minimum atomic E-state index is -3.80. The minimum Gasteiger partial charge on any atom is -0.391 e. The van der Waals surface area contributed by atoms with E-state index in [2.05, 4.69) is 30.7 Å². The van der Waals surface area contributed by atoms with Gasteiger partial charge in [-0.05, 0) is 62.5 Å². The molecule has 9 N–H and O–H groups in total. The second-order valence-corrected chi connectivity index (χ2v) is 34.3. The van der Waals surface area contributed by atoms with Gasteiger partial charge < -0.3 is 51.3 Å². The van der Waals surface area contributed by atoms with Crippen molar-refractivity contribution in [3.05, 3.63) is 170 Å². The summed E-state index contributed by atoms with van der Waals surface area (Å²) in [4.78, 5) is 102. The number of sulfonamides is 2.